The normalized spacial score (nSPS) is 15.4. The number of methoxy groups -OCH3 is 1. The van der Waals surface area contributed by atoms with Crippen molar-refractivity contribution in [3.05, 3.63) is 35.7 Å². The lowest BCUT2D eigenvalue weighted by Crippen LogP contribution is -2.29. The molecule has 0 aliphatic carbocycles. The van der Waals surface area contributed by atoms with Gasteiger partial charge in [-0.3, -0.25) is 0 Å². The molecule has 0 spiro atoms. The largest absolute Gasteiger partial charge is 0.495 e. The zero-order chi connectivity index (χ0) is 17.2. The molecule has 3 heterocycles. The molecule has 0 radical (unpaired) electrons. The third-order valence-corrected chi connectivity index (χ3v) is 4.70. The fourth-order valence-corrected chi connectivity index (χ4v) is 3.36. The Hall–Kier alpha value is -2.38. The molecule has 130 valence electrons. The molecule has 0 unspecified atom stereocenters. The maximum Gasteiger partial charge on any atom is 0.163 e. The van der Waals surface area contributed by atoms with Gasteiger partial charge in [0, 0.05) is 5.02 Å². The first-order chi connectivity index (χ1) is 12.3. The van der Waals surface area contributed by atoms with Gasteiger partial charge in [0.05, 0.1) is 30.4 Å². The second kappa shape index (κ2) is 6.85. The molecule has 1 saturated heterocycles. The van der Waals surface area contributed by atoms with Crippen LogP contribution in [0, 0.1) is 0 Å². The van der Waals surface area contributed by atoms with E-state index < -0.39 is 0 Å². The summed E-state index contributed by atoms with van der Waals surface area (Å²) in [5, 5.41) is 12.7. The Bertz CT molecular complexity index is 890. The van der Waals surface area contributed by atoms with E-state index in [1.807, 2.05) is 23.0 Å². The predicted octanol–water partition coefficient (Wildman–Crippen LogP) is 3.16. The minimum Gasteiger partial charge on any atom is -0.495 e. The lowest BCUT2D eigenvalue weighted by Gasteiger charge is -2.23. The summed E-state index contributed by atoms with van der Waals surface area (Å²) < 4.78 is 7.40. The van der Waals surface area contributed by atoms with Crippen LogP contribution in [0.4, 0.5) is 11.5 Å². The highest BCUT2D eigenvalue weighted by Gasteiger charge is 2.20. The fourth-order valence-electron chi connectivity index (χ4n) is 3.19. The summed E-state index contributed by atoms with van der Waals surface area (Å²) in [6.07, 6.45) is 5.47. The van der Waals surface area contributed by atoms with E-state index >= 15 is 0 Å². The molecule has 8 heteroatoms. The van der Waals surface area contributed by atoms with Crippen LogP contribution in [0.15, 0.2) is 30.7 Å². The topological polar surface area (TPSA) is 76.9 Å². The Kier molecular flexibility index (Phi) is 4.42. The summed E-state index contributed by atoms with van der Waals surface area (Å²) in [4.78, 5) is 8.83. The molecular formula is C17H19ClN6O. The van der Waals surface area contributed by atoms with E-state index in [4.69, 9.17) is 16.3 Å². The second-order valence-corrected chi connectivity index (χ2v) is 6.44. The molecule has 1 aromatic carbocycles. The van der Waals surface area contributed by atoms with E-state index in [1.54, 1.807) is 19.5 Å². The number of hydrogen-bond acceptors (Lipinski definition) is 6. The van der Waals surface area contributed by atoms with Crippen molar-refractivity contribution in [2.24, 2.45) is 0 Å². The lowest BCUT2D eigenvalue weighted by atomic mass is 10.1. The summed E-state index contributed by atoms with van der Waals surface area (Å²) in [6, 6.07) is 5.78. The maximum absolute atomic E-state index is 6.11. The number of fused-ring (bicyclic) bond motifs is 1. The number of halogens is 1. The van der Waals surface area contributed by atoms with Gasteiger partial charge in [0.25, 0.3) is 0 Å². The number of piperidine rings is 1. The standard InChI is InChI=1S/C17H19ClN6O/c1-25-15-3-2-11(18)8-14(15)23-16-13-9-22-24(17(13)21-10-20-16)12-4-6-19-7-5-12/h2-3,8-10,12,19H,4-7H2,1H3,(H,20,21,23). The molecule has 4 rings (SSSR count). The fraction of sp³-hybridized carbons (Fsp3) is 0.353. The SMILES string of the molecule is COc1ccc(Cl)cc1Nc1ncnc2c1cnn2C1CCNCC1. The van der Waals surface area contributed by atoms with Gasteiger partial charge in [0.15, 0.2) is 5.65 Å². The van der Waals surface area contributed by atoms with Crippen LogP contribution in [0.3, 0.4) is 0 Å². The van der Waals surface area contributed by atoms with Crippen LogP contribution >= 0.6 is 11.6 Å². The number of benzene rings is 1. The first-order valence-electron chi connectivity index (χ1n) is 8.26. The molecule has 1 fully saturated rings. The third kappa shape index (κ3) is 3.12. The van der Waals surface area contributed by atoms with Crippen molar-refractivity contribution in [2.75, 3.05) is 25.5 Å². The van der Waals surface area contributed by atoms with Crippen molar-refractivity contribution >= 4 is 34.1 Å². The number of anilines is 2. The molecule has 1 aliphatic heterocycles. The van der Waals surface area contributed by atoms with Crippen LogP contribution in [0.1, 0.15) is 18.9 Å². The molecular weight excluding hydrogens is 340 g/mol. The Morgan fingerprint density at radius 1 is 1.28 bits per heavy atom. The van der Waals surface area contributed by atoms with Crippen molar-refractivity contribution in [3.8, 4) is 5.75 Å². The van der Waals surface area contributed by atoms with Crippen molar-refractivity contribution in [2.45, 2.75) is 18.9 Å². The van der Waals surface area contributed by atoms with Crippen molar-refractivity contribution in [1.82, 2.24) is 25.1 Å². The first-order valence-corrected chi connectivity index (χ1v) is 8.63. The molecule has 3 aromatic rings. The zero-order valence-electron chi connectivity index (χ0n) is 13.9. The van der Waals surface area contributed by atoms with E-state index in [0.717, 1.165) is 42.7 Å². The number of ether oxygens (including phenoxy) is 1. The van der Waals surface area contributed by atoms with E-state index in [9.17, 15) is 0 Å². The van der Waals surface area contributed by atoms with E-state index in [1.165, 1.54) is 0 Å². The molecule has 0 saturated carbocycles. The minimum absolute atomic E-state index is 0.363. The monoisotopic (exact) mass is 358 g/mol. The summed E-state index contributed by atoms with van der Waals surface area (Å²) in [5.74, 6) is 1.38. The van der Waals surface area contributed by atoms with Crippen LogP contribution in [0.25, 0.3) is 11.0 Å². The predicted molar refractivity (Wildman–Crippen MR) is 97.8 cm³/mol. The van der Waals surface area contributed by atoms with Crippen LogP contribution in [0.2, 0.25) is 5.02 Å². The van der Waals surface area contributed by atoms with Gasteiger partial charge >= 0.3 is 0 Å². The lowest BCUT2D eigenvalue weighted by molar-refractivity contribution is 0.349. The highest BCUT2D eigenvalue weighted by molar-refractivity contribution is 6.31. The van der Waals surface area contributed by atoms with E-state index in [-0.39, 0.29) is 0 Å². The molecule has 1 aliphatic rings. The number of nitrogens with zero attached hydrogens (tertiary/aromatic N) is 4. The van der Waals surface area contributed by atoms with Crippen LogP contribution in [0.5, 0.6) is 5.75 Å². The molecule has 2 N–H and O–H groups in total. The third-order valence-electron chi connectivity index (χ3n) is 4.46. The molecule has 7 nitrogen and oxygen atoms in total. The Balaban J connectivity index is 1.71. The Labute approximate surface area is 150 Å². The van der Waals surface area contributed by atoms with Crippen LogP contribution in [-0.4, -0.2) is 39.9 Å². The van der Waals surface area contributed by atoms with Crippen molar-refractivity contribution in [1.29, 1.82) is 0 Å². The van der Waals surface area contributed by atoms with Gasteiger partial charge in [-0.1, -0.05) is 11.6 Å². The van der Waals surface area contributed by atoms with Gasteiger partial charge in [-0.2, -0.15) is 5.10 Å². The van der Waals surface area contributed by atoms with Crippen LogP contribution in [-0.2, 0) is 0 Å². The molecule has 0 atom stereocenters. The number of rotatable bonds is 4. The number of nitrogens with one attached hydrogen (secondary N) is 2. The van der Waals surface area contributed by atoms with Gasteiger partial charge in [-0.05, 0) is 44.1 Å². The number of hydrogen-bond donors (Lipinski definition) is 2. The summed E-state index contributed by atoms with van der Waals surface area (Å²) >= 11 is 6.11. The summed E-state index contributed by atoms with van der Waals surface area (Å²) in [7, 11) is 1.62. The van der Waals surface area contributed by atoms with Crippen molar-refractivity contribution < 1.29 is 4.74 Å². The number of aromatic nitrogens is 4. The second-order valence-electron chi connectivity index (χ2n) is 6.00. The Morgan fingerprint density at radius 2 is 2.12 bits per heavy atom. The van der Waals surface area contributed by atoms with Crippen molar-refractivity contribution in [3.63, 3.8) is 0 Å². The van der Waals surface area contributed by atoms with E-state index in [2.05, 4.69) is 25.7 Å². The summed E-state index contributed by atoms with van der Waals surface area (Å²) in [5.41, 5.74) is 1.59. The smallest absolute Gasteiger partial charge is 0.163 e. The van der Waals surface area contributed by atoms with Gasteiger partial charge in [-0.25, -0.2) is 14.6 Å². The van der Waals surface area contributed by atoms with Crippen LogP contribution < -0.4 is 15.4 Å². The minimum atomic E-state index is 0.363. The van der Waals surface area contributed by atoms with E-state index in [0.29, 0.717) is 22.6 Å². The average molecular weight is 359 g/mol. The average Bonchev–Trinajstić information content (AvgIpc) is 3.08. The molecule has 0 bridgehead atoms. The molecule has 2 aromatic heterocycles. The maximum atomic E-state index is 6.11. The first kappa shape index (κ1) is 16.1. The highest BCUT2D eigenvalue weighted by atomic mass is 35.5. The van der Waals surface area contributed by atoms with Gasteiger partial charge in [0.2, 0.25) is 0 Å². The molecule has 25 heavy (non-hydrogen) atoms. The van der Waals surface area contributed by atoms with Gasteiger partial charge < -0.3 is 15.4 Å². The highest BCUT2D eigenvalue weighted by Crippen LogP contribution is 2.32. The van der Waals surface area contributed by atoms with Gasteiger partial charge in [-0.15, -0.1) is 0 Å². The quantitative estimate of drug-likeness (QED) is 0.746. The van der Waals surface area contributed by atoms with Gasteiger partial charge in [0.1, 0.15) is 17.9 Å². The zero-order valence-corrected chi connectivity index (χ0v) is 14.6. The summed E-state index contributed by atoms with van der Waals surface area (Å²) in [6.45, 7) is 2.00. The Morgan fingerprint density at radius 3 is 2.92 bits per heavy atom. The molecule has 0 amide bonds.